The van der Waals surface area contributed by atoms with Gasteiger partial charge >= 0.3 is 5.97 Å². The van der Waals surface area contributed by atoms with Crippen molar-refractivity contribution in [2.24, 2.45) is 5.11 Å². The summed E-state index contributed by atoms with van der Waals surface area (Å²) >= 11 is 0. The van der Waals surface area contributed by atoms with Crippen molar-refractivity contribution in [2.45, 2.75) is 25.4 Å². The third-order valence-corrected chi connectivity index (χ3v) is 3.10. The molecule has 1 aliphatic heterocycles. The van der Waals surface area contributed by atoms with Crippen molar-refractivity contribution in [3.63, 3.8) is 0 Å². The summed E-state index contributed by atoms with van der Waals surface area (Å²) in [5.41, 5.74) is 10.7. The summed E-state index contributed by atoms with van der Waals surface area (Å²) < 4.78 is 5.08. The van der Waals surface area contributed by atoms with Gasteiger partial charge in [-0.2, -0.15) is 0 Å². The van der Waals surface area contributed by atoms with E-state index >= 15 is 0 Å². The summed E-state index contributed by atoms with van der Waals surface area (Å²) in [6.45, 7) is 3.06. The minimum atomic E-state index is -0.868. The fraction of sp³-hybridized carbons (Fsp3) is 0.462. The highest BCUT2D eigenvalue weighted by Gasteiger charge is 2.31. The molecule has 1 fully saturated rings. The molecule has 0 amide bonds. The van der Waals surface area contributed by atoms with Gasteiger partial charge in [0.15, 0.2) is 6.04 Å². The molecule has 100 valence electrons. The van der Waals surface area contributed by atoms with Gasteiger partial charge in [-0.25, -0.2) is 0 Å². The van der Waals surface area contributed by atoms with Crippen LogP contribution in [-0.2, 0) is 9.53 Å². The lowest BCUT2D eigenvalue weighted by Crippen LogP contribution is -2.40. The van der Waals surface area contributed by atoms with Gasteiger partial charge in [0.25, 0.3) is 0 Å². The van der Waals surface area contributed by atoms with Crippen LogP contribution < -0.4 is 5.32 Å². The molecule has 2 atom stereocenters. The Hall–Kier alpha value is -2.04. The Kier molecular flexibility index (Phi) is 4.39. The van der Waals surface area contributed by atoms with Crippen LogP contribution in [0.15, 0.2) is 29.4 Å². The number of carbonyl (C=O) groups is 1. The maximum atomic E-state index is 11.9. The number of rotatable bonds is 2. The summed E-state index contributed by atoms with van der Waals surface area (Å²) in [5.74, 6) is -0.476. The highest BCUT2D eigenvalue weighted by Crippen LogP contribution is 2.22. The van der Waals surface area contributed by atoms with Crippen molar-refractivity contribution in [1.82, 2.24) is 5.32 Å². The number of hydrogen-bond donors (Lipinski definition) is 1. The molecule has 2 rings (SSSR count). The van der Waals surface area contributed by atoms with Crippen LogP contribution in [0.25, 0.3) is 10.4 Å². The molecule has 1 aromatic rings. The summed E-state index contributed by atoms with van der Waals surface area (Å²) in [6, 6.07) is 6.59. The second-order valence-electron chi connectivity index (χ2n) is 4.51. The Morgan fingerprint density at radius 2 is 2.16 bits per heavy atom. The summed E-state index contributed by atoms with van der Waals surface area (Å²) in [6.07, 6.45) is 0.747. The molecule has 0 aliphatic carbocycles. The number of nitrogens with zero attached hydrogens (tertiary/aromatic N) is 3. The van der Waals surface area contributed by atoms with Crippen molar-refractivity contribution in [3.05, 3.63) is 45.8 Å². The van der Waals surface area contributed by atoms with Crippen molar-refractivity contribution in [3.8, 4) is 0 Å². The molecule has 6 nitrogen and oxygen atoms in total. The topological polar surface area (TPSA) is 87.1 Å². The highest BCUT2D eigenvalue weighted by atomic mass is 16.5. The van der Waals surface area contributed by atoms with E-state index in [1.807, 2.05) is 31.2 Å². The zero-order valence-electron chi connectivity index (χ0n) is 10.7. The molecule has 1 aliphatic rings. The van der Waals surface area contributed by atoms with Gasteiger partial charge < -0.3 is 10.1 Å². The van der Waals surface area contributed by atoms with E-state index in [1.54, 1.807) is 0 Å². The van der Waals surface area contributed by atoms with Crippen molar-refractivity contribution in [2.75, 3.05) is 13.2 Å². The number of carbonyl (C=O) groups excluding carboxylic acids is 1. The Balaban J connectivity index is 2.32. The monoisotopic (exact) mass is 260 g/mol. The third kappa shape index (κ3) is 3.24. The molecule has 6 heteroatoms. The second-order valence-corrected chi connectivity index (χ2v) is 4.51. The van der Waals surface area contributed by atoms with E-state index in [2.05, 4.69) is 15.3 Å². The van der Waals surface area contributed by atoms with Crippen LogP contribution in [0.1, 0.15) is 23.6 Å². The van der Waals surface area contributed by atoms with Crippen LogP contribution in [0, 0.1) is 6.92 Å². The fourth-order valence-electron chi connectivity index (χ4n) is 2.08. The molecule has 1 aromatic carbocycles. The van der Waals surface area contributed by atoms with Gasteiger partial charge in [-0.05, 0) is 31.0 Å². The van der Waals surface area contributed by atoms with Gasteiger partial charge in [-0.3, -0.25) is 4.79 Å². The first-order valence-corrected chi connectivity index (χ1v) is 6.23. The minimum absolute atomic E-state index is 0.343. The Morgan fingerprint density at radius 3 is 2.84 bits per heavy atom. The lowest BCUT2D eigenvalue weighted by molar-refractivity contribution is -0.146. The van der Waals surface area contributed by atoms with Crippen LogP contribution in [0.2, 0.25) is 0 Å². The van der Waals surface area contributed by atoms with Crippen molar-refractivity contribution in [1.29, 1.82) is 0 Å². The van der Waals surface area contributed by atoms with Gasteiger partial charge in [-0.1, -0.05) is 34.9 Å². The average Bonchev–Trinajstić information content (AvgIpc) is 2.40. The zero-order chi connectivity index (χ0) is 13.7. The number of azide groups is 1. The third-order valence-electron chi connectivity index (χ3n) is 3.10. The van der Waals surface area contributed by atoms with Crippen molar-refractivity contribution >= 4 is 5.97 Å². The molecule has 1 heterocycles. The van der Waals surface area contributed by atoms with E-state index in [4.69, 9.17) is 10.3 Å². The predicted octanol–water partition coefficient (Wildman–Crippen LogP) is 2.25. The molecular formula is C13H16N4O2. The van der Waals surface area contributed by atoms with Crippen molar-refractivity contribution < 1.29 is 9.53 Å². The lowest BCUT2D eigenvalue weighted by atomic mass is 9.98. The molecule has 19 heavy (non-hydrogen) atoms. The van der Waals surface area contributed by atoms with Crippen LogP contribution in [-0.4, -0.2) is 25.2 Å². The first-order valence-electron chi connectivity index (χ1n) is 6.23. The minimum Gasteiger partial charge on any atom is -0.465 e. The molecule has 1 saturated heterocycles. The van der Waals surface area contributed by atoms with Gasteiger partial charge in [-0.15, -0.1) is 0 Å². The molecule has 0 bridgehead atoms. The van der Waals surface area contributed by atoms with Gasteiger partial charge in [0.05, 0.1) is 12.6 Å². The first-order chi connectivity index (χ1) is 9.22. The second kappa shape index (κ2) is 6.22. The van der Waals surface area contributed by atoms with Crippen LogP contribution in [0.4, 0.5) is 0 Å². The maximum absolute atomic E-state index is 11.9. The van der Waals surface area contributed by atoms with Gasteiger partial charge in [0.1, 0.15) is 0 Å². The number of aryl methyl sites for hydroxylation is 1. The number of cyclic esters (lactones) is 1. The summed E-state index contributed by atoms with van der Waals surface area (Å²) in [7, 11) is 0. The molecule has 0 spiro atoms. The van der Waals surface area contributed by atoms with Gasteiger partial charge in [0.2, 0.25) is 0 Å². The standard InChI is InChI=1S/C13H16N4O2/c1-9-3-5-10(6-4-9)11-12(16-17-14)13(18)19-8-2-7-15-11/h3-6,11-12,15H,2,7-8H2,1H3/t11-,12+/m1/s1. The van der Waals surface area contributed by atoms with E-state index in [0.29, 0.717) is 13.2 Å². The van der Waals surface area contributed by atoms with E-state index in [0.717, 1.165) is 17.5 Å². The quantitative estimate of drug-likeness (QED) is 0.383. The summed E-state index contributed by atoms with van der Waals surface area (Å²) in [4.78, 5) is 14.6. The van der Waals surface area contributed by atoms with Crippen LogP contribution in [0.3, 0.4) is 0 Å². The number of ether oxygens (including phenoxy) is 1. The van der Waals surface area contributed by atoms with Crippen LogP contribution in [0.5, 0.6) is 0 Å². The van der Waals surface area contributed by atoms with E-state index in [9.17, 15) is 4.79 Å². The Labute approximate surface area is 111 Å². The molecule has 1 N–H and O–H groups in total. The van der Waals surface area contributed by atoms with Gasteiger partial charge in [0, 0.05) is 4.91 Å². The SMILES string of the molecule is Cc1ccc([C@H]2NCCCOC(=O)[C@H]2N=[N+]=[N-])cc1. The van der Waals surface area contributed by atoms with E-state index in [-0.39, 0.29) is 6.04 Å². The maximum Gasteiger partial charge on any atom is 0.316 e. The molecular weight excluding hydrogens is 244 g/mol. The number of hydrogen-bond acceptors (Lipinski definition) is 4. The predicted molar refractivity (Wildman–Crippen MR) is 70.4 cm³/mol. The average molecular weight is 260 g/mol. The Morgan fingerprint density at radius 1 is 1.42 bits per heavy atom. The molecule has 0 aromatic heterocycles. The number of nitrogens with one attached hydrogen (secondary N) is 1. The first kappa shape index (κ1) is 13.4. The molecule has 0 unspecified atom stereocenters. The van der Waals surface area contributed by atoms with Crippen LogP contribution >= 0.6 is 0 Å². The molecule has 0 saturated carbocycles. The molecule has 0 radical (unpaired) electrons. The zero-order valence-corrected chi connectivity index (χ0v) is 10.7. The largest absolute Gasteiger partial charge is 0.465 e. The normalized spacial score (nSPS) is 23.7. The number of benzene rings is 1. The fourth-order valence-corrected chi connectivity index (χ4v) is 2.08. The summed E-state index contributed by atoms with van der Waals surface area (Å²) in [5, 5.41) is 6.85. The number of esters is 1. The lowest BCUT2D eigenvalue weighted by Gasteiger charge is -2.26. The van der Waals surface area contributed by atoms with E-state index in [1.165, 1.54) is 0 Å². The smallest absolute Gasteiger partial charge is 0.316 e. The van der Waals surface area contributed by atoms with E-state index < -0.39 is 12.0 Å². The Bertz CT molecular complexity index is 494. The highest BCUT2D eigenvalue weighted by molar-refractivity contribution is 5.77.